The lowest BCUT2D eigenvalue weighted by Crippen LogP contribution is -2.60. The van der Waals surface area contributed by atoms with E-state index in [-0.39, 0.29) is 5.89 Å². The zero-order valence-electron chi connectivity index (χ0n) is 9.05. The number of aromatic nitrogens is 2. The zero-order valence-corrected chi connectivity index (χ0v) is 9.05. The first-order valence-corrected chi connectivity index (χ1v) is 5.57. The summed E-state index contributed by atoms with van der Waals surface area (Å²) in [7, 11) is 0. The molecule has 0 aromatic carbocycles. The highest BCUT2D eigenvalue weighted by molar-refractivity contribution is 5.04. The lowest BCUT2D eigenvalue weighted by atomic mass is 9.58. The molecule has 2 fully saturated rings. The molecule has 0 bridgehead atoms. The number of hydrogen-bond donors (Lipinski definition) is 1. The Labute approximate surface area is 95.6 Å². The highest BCUT2D eigenvalue weighted by Crippen LogP contribution is 2.49. The molecule has 1 aromatic rings. The summed E-state index contributed by atoms with van der Waals surface area (Å²) in [5.41, 5.74) is 0.414. The van der Waals surface area contributed by atoms with E-state index in [2.05, 4.69) is 20.0 Å². The van der Waals surface area contributed by atoms with Crippen LogP contribution < -0.4 is 5.32 Å². The van der Waals surface area contributed by atoms with Crippen LogP contribution in [-0.4, -0.2) is 23.2 Å². The summed E-state index contributed by atoms with van der Waals surface area (Å²) in [6.45, 7) is 2.06. The third kappa shape index (κ3) is 1.92. The highest BCUT2D eigenvalue weighted by atomic mass is 19.4. The van der Waals surface area contributed by atoms with Crippen molar-refractivity contribution in [2.75, 3.05) is 13.1 Å². The van der Waals surface area contributed by atoms with Gasteiger partial charge in [0.05, 0.1) is 0 Å². The number of rotatable bonds is 2. The van der Waals surface area contributed by atoms with E-state index < -0.39 is 12.0 Å². The van der Waals surface area contributed by atoms with Gasteiger partial charge in [0.1, 0.15) is 0 Å². The van der Waals surface area contributed by atoms with Gasteiger partial charge in [0, 0.05) is 19.5 Å². The molecule has 94 valence electrons. The second-order valence-corrected chi connectivity index (χ2v) is 5.09. The van der Waals surface area contributed by atoms with Crippen molar-refractivity contribution in [3.63, 3.8) is 0 Å². The Morgan fingerprint density at radius 2 is 2.06 bits per heavy atom. The fourth-order valence-electron chi connectivity index (χ4n) is 2.78. The maximum Gasteiger partial charge on any atom is 0.455 e. The first-order chi connectivity index (χ1) is 7.97. The largest absolute Gasteiger partial charge is 0.455 e. The van der Waals surface area contributed by atoms with Crippen LogP contribution in [0.5, 0.6) is 0 Å². The summed E-state index contributed by atoms with van der Waals surface area (Å²) < 4.78 is 41.3. The molecule has 1 N–H and O–H groups in total. The predicted octanol–water partition coefficient (Wildman–Crippen LogP) is 1.63. The van der Waals surface area contributed by atoms with Crippen molar-refractivity contribution in [2.24, 2.45) is 11.3 Å². The summed E-state index contributed by atoms with van der Waals surface area (Å²) in [6, 6.07) is 0. The Balaban J connectivity index is 1.57. The van der Waals surface area contributed by atoms with Gasteiger partial charge < -0.3 is 9.84 Å². The van der Waals surface area contributed by atoms with Crippen molar-refractivity contribution < 1.29 is 17.7 Å². The van der Waals surface area contributed by atoms with Crippen molar-refractivity contribution in [3.05, 3.63) is 11.7 Å². The Kier molecular flexibility index (Phi) is 2.23. The van der Waals surface area contributed by atoms with Crippen molar-refractivity contribution in [3.8, 4) is 0 Å². The molecule has 0 atom stereocenters. The van der Waals surface area contributed by atoms with E-state index in [0.717, 1.165) is 25.9 Å². The lowest BCUT2D eigenvalue weighted by Gasteiger charge is -2.54. The smallest absolute Gasteiger partial charge is 0.339 e. The van der Waals surface area contributed by atoms with Crippen molar-refractivity contribution in [1.82, 2.24) is 15.5 Å². The molecule has 4 nitrogen and oxygen atoms in total. The molecule has 1 aromatic heterocycles. The van der Waals surface area contributed by atoms with Gasteiger partial charge in [-0.15, -0.1) is 0 Å². The second kappa shape index (κ2) is 3.44. The Morgan fingerprint density at radius 1 is 1.35 bits per heavy atom. The predicted molar refractivity (Wildman–Crippen MR) is 51.0 cm³/mol. The molecule has 0 unspecified atom stereocenters. The number of hydrogen-bond acceptors (Lipinski definition) is 4. The van der Waals surface area contributed by atoms with Gasteiger partial charge in [-0.3, -0.25) is 0 Å². The quantitative estimate of drug-likeness (QED) is 0.863. The first-order valence-electron chi connectivity index (χ1n) is 5.57. The van der Waals surface area contributed by atoms with Crippen LogP contribution in [0.3, 0.4) is 0 Å². The summed E-state index contributed by atoms with van der Waals surface area (Å²) in [5.74, 6) is -0.685. The lowest BCUT2D eigenvalue weighted by molar-refractivity contribution is -0.146. The van der Waals surface area contributed by atoms with E-state index in [1.165, 1.54) is 0 Å². The average Bonchev–Trinajstić information content (AvgIpc) is 2.54. The van der Waals surface area contributed by atoms with Crippen LogP contribution in [0.25, 0.3) is 0 Å². The molecule has 0 amide bonds. The van der Waals surface area contributed by atoms with E-state index in [0.29, 0.717) is 17.8 Å². The molecule has 3 rings (SSSR count). The second-order valence-electron chi connectivity index (χ2n) is 5.09. The fraction of sp³-hybridized carbons (Fsp3) is 0.800. The van der Waals surface area contributed by atoms with Crippen LogP contribution in [0.2, 0.25) is 0 Å². The molecule has 1 saturated heterocycles. The molecule has 0 radical (unpaired) electrons. The first kappa shape index (κ1) is 11.0. The molecule has 17 heavy (non-hydrogen) atoms. The Morgan fingerprint density at radius 3 is 2.53 bits per heavy atom. The minimum Gasteiger partial charge on any atom is -0.339 e. The van der Waals surface area contributed by atoms with Crippen molar-refractivity contribution in [1.29, 1.82) is 0 Å². The standard InChI is InChI=1S/C10H12F3N3O/c11-10(12,13)8-15-7(17-16-8)1-6-2-9(3-6)4-14-5-9/h6,14H,1-5H2. The van der Waals surface area contributed by atoms with Crippen LogP contribution in [0.15, 0.2) is 4.52 Å². The van der Waals surface area contributed by atoms with Crippen LogP contribution in [0.1, 0.15) is 24.6 Å². The van der Waals surface area contributed by atoms with Gasteiger partial charge >= 0.3 is 6.18 Å². The molecule has 1 spiro atoms. The third-order valence-electron chi connectivity index (χ3n) is 3.63. The van der Waals surface area contributed by atoms with Crippen molar-refractivity contribution in [2.45, 2.75) is 25.4 Å². The number of nitrogens with one attached hydrogen (secondary N) is 1. The number of alkyl halides is 3. The monoisotopic (exact) mass is 247 g/mol. The van der Waals surface area contributed by atoms with Crippen LogP contribution in [-0.2, 0) is 12.6 Å². The van der Waals surface area contributed by atoms with Crippen LogP contribution in [0, 0.1) is 11.3 Å². The van der Waals surface area contributed by atoms with E-state index in [9.17, 15) is 13.2 Å². The Bertz CT molecular complexity index is 417. The molecule has 2 aliphatic rings. The maximum atomic E-state index is 12.2. The van der Waals surface area contributed by atoms with E-state index in [1.807, 2.05) is 0 Å². The summed E-state index contributed by atoms with van der Waals surface area (Å²) >= 11 is 0. The minimum atomic E-state index is -4.51. The van der Waals surface area contributed by atoms with Gasteiger partial charge in [0.2, 0.25) is 5.89 Å². The topological polar surface area (TPSA) is 51.0 Å². The van der Waals surface area contributed by atoms with Crippen LogP contribution in [0.4, 0.5) is 13.2 Å². The zero-order chi connectivity index (χ0) is 12.1. The molecular formula is C10H12F3N3O. The third-order valence-corrected chi connectivity index (χ3v) is 3.63. The summed E-state index contributed by atoms with van der Waals surface area (Å²) in [5, 5.41) is 6.16. The Hall–Kier alpha value is -1.11. The van der Waals surface area contributed by atoms with Gasteiger partial charge in [0.15, 0.2) is 0 Å². The average molecular weight is 247 g/mol. The van der Waals surface area contributed by atoms with Crippen molar-refractivity contribution >= 4 is 0 Å². The van der Waals surface area contributed by atoms with Gasteiger partial charge in [-0.05, 0) is 24.2 Å². The molecular weight excluding hydrogens is 235 g/mol. The molecule has 1 aliphatic carbocycles. The fourth-order valence-corrected chi connectivity index (χ4v) is 2.78. The van der Waals surface area contributed by atoms with Gasteiger partial charge in [-0.25, -0.2) is 0 Å². The van der Waals surface area contributed by atoms with Gasteiger partial charge in [-0.1, -0.05) is 5.16 Å². The normalized spacial score (nSPS) is 23.5. The molecule has 7 heteroatoms. The number of nitrogens with zero attached hydrogens (tertiary/aromatic N) is 2. The summed E-state index contributed by atoms with van der Waals surface area (Å²) in [6.07, 6.45) is -1.96. The summed E-state index contributed by atoms with van der Waals surface area (Å²) in [4.78, 5) is 3.38. The highest BCUT2D eigenvalue weighted by Gasteiger charge is 2.48. The van der Waals surface area contributed by atoms with Gasteiger partial charge in [0.25, 0.3) is 5.82 Å². The molecule has 2 heterocycles. The van der Waals surface area contributed by atoms with Gasteiger partial charge in [-0.2, -0.15) is 18.2 Å². The molecule has 1 aliphatic heterocycles. The van der Waals surface area contributed by atoms with Crippen LogP contribution >= 0.6 is 0 Å². The van der Waals surface area contributed by atoms with E-state index in [1.54, 1.807) is 0 Å². The van der Waals surface area contributed by atoms with E-state index in [4.69, 9.17) is 0 Å². The minimum absolute atomic E-state index is 0.101. The number of halogens is 3. The SMILES string of the molecule is FC(F)(F)c1noc(CC2CC3(CNC3)C2)n1. The molecule has 1 saturated carbocycles. The van der Waals surface area contributed by atoms with E-state index >= 15 is 0 Å². The maximum absolute atomic E-state index is 12.2.